The first kappa shape index (κ1) is 12.4. The fourth-order valence-electron chi connectivity index (χ4n) is 1.68. The van der Waals surface area contributed by atoms with Crippen molar-refractivity contribution in [2.75, 3.05) is 6.54 Å². The molecule has 0 bridgehead atoms. The molecule has 2 rings (SSSR count). The van der Waals surface area contributed by atoms with Crippen LogP contribution < -0.4 is 5.32 Å². The van der Waals surface area contributed by atoms with E-state index in [1.165, 1.54) is 12.3 Å². The van der Waals surface area contributed by atoms with E-state index in [2.05, 4.69) is 10.4 Å². The Morgan fingerprint density at radius 1 is 1.56 bits per heavy atom. The summed E-state index contributed by atoms with van der Waals surface area (Å²) in [5, 5.41) is 16.3. The number of hydrogen-bond acceptors (Lipinski definition) is 4. The summed E-state index contributed by atoms with van der Waals surface area (Å²) in [6, 6.07) is 3.41. The Morgan fingerprint density at radius 2 is 2.39 bits per heavy atom. The van der Waals surface area contributed by atoms with E-state index in [1.54, 1.807) is 4.68 Å². The van der Waals surface area contributed by atoms with Gasteiger partial charge in [0.1, 0.15) is 11.3 Å². The Morgan fingerprint density at radius 3 is 3.06 bits per heavy atom. The Bertz CT molecular complexity index is 530. The molecule has 0 unspecified atom stereocenters. The molecule has 0 saturated carbocycles. The highest BCUT2D eigenvalue weighted by Gasteiger charge is 2.12. The van der Waals surface area contributed by atoms with Gasteiger partial charge in [-0.2, -0.15) is 5.10 Å². The Balaban J connectivity index is 1.78. The van der Waals surface area contributed by atoms with Crippen LogP contribution >= 0.6 is 0 Å². The molecule has 0 spiro atoms. The number of nitrogens with one attached hydrogen (secondary N) is 1. The summed E-state index contributed by atoms with van der Waals surface area (Å²) >= 11 is 0. The lowest BCUT2D eigenvalue weighted by Crippen LogP contribution is -2.18. The summed E-state index contributed by atoms with van der Waals surface area (Å²) in [5.74, 6) is -0.520. The van der Waals surface area contributed by atoms with Gasteiger partial charge in [0.15, 0.2) is 0 Å². The number of aryl methyl sites for hydroxylation is 1. The minimum absolute atomic E-state index is 0.209. The Hall–Kier alpha value is -2.08. The summed E-state index contributed by atoms with van der Waals surface area (Å²) in [6.45, 7) is 1.12. The summed E-state index contributed by atoms with van der Waals surface area (Å²) in [7, 11) is 1.87. The fraction of sp³-hybridized carbons (Fsp3) is 0.333. The molecular weight excluding hydrogens is 234 g/mol. The number of carboxylic acids is 1. The topological polar surface area (TPSA) is 80.3 Å². The minimum Gasteiger partial charge on any atom is -0.478 e. The molecule has 0 amide bonds. The number of carboxylic acid groups (broad SMARTS) is 1. The fourth-order valence-corrected chi connectivity index (χ4v) is 1.68. The first-order valence-corrected chi connectivity index (χ1v) is 5.65. The Labute approximate surface area is 104 Å². The van der Waals surface area contributed by atoms with Crippen molar-refractivity contribution in [3.8, 4) is 0 Å². The van der Waals surface area contributed by atoms with Crippen molar-refractivity contribution in [1.29, 1.82) is 0 Å². The third-order valence-corrected chi connectivity index (χ3v) is 2.59. The van der Waals surface area contributed by atoms with Gasteiger partial charge in [0.05, 0.1) is 18.5 Å². The van der Waals surface area contributed by atoms with Gasteiger partial charge < -0.3 is 14.8 Å². The van der Waals surface area contributed by atoms with E-state index < -0.39 is 5.97 Å². The van der Waals surface area contributed by atoms with Crippen LogP contribution in [0.1, 0.15) is 21.8 Å². The lowest BCUT2D eigenvalue weighted by atomic mass is 10.2. The predicted octanol–water partition coefficient (Wildman–Crippen LogP) is 1.04. The Kier molecular flexibility index (Phi) is 3.78. The van der Waals surface area contributed by atoms with Crippen LogP contribution in [0.15, 0.2) is 29.0 Å². The third-order valence-electron chi connectivity index (χ3n) is 2.59. The number of carbonyl (C=O) groups is 1. The number of hydrogen-bond donors (Lipinski definition) is 2. The quantitative estimate of drug-likeness (QED) is 0.748. The molecule has 2 aromatic heterocycles. The van der Waals surface area contributed by atoms with Crippen molar-refractivity contribution < 1.29 is 14.3 Å². The molecule has 0 saturated heterocycles. The van der Waals surface area contributed by atoms with Gasteiger partial charge in [-0.15, -0.1) is 0 Å². The maximum absolute atomic E-state index is 10.8. The van der Waals surface area contributed by atoms with E-state index in [0.29, 0.717) is 12.3 Å². The van der Waals surface area contributed by atoms with Crippen LogP contribution in [0.3, 0.4) is 0 Å². The second kappa shape index (κ2) is 5.50. The molecule has 6 heteroatoms. The highest BCUT2D eigenvalue weighted by Crippen LogP contribution is 2.09. The van der Waals surface area contributed by atoms with Crippen molar-refractivity contribution >= 4 is 5.97 Å². The van der Waals surface area contributed by atoms with Crippen LogP contribution in [-0.2, 0) is 20.0 Å². The molecule has 0 aliphatic heterocycles. The highest BCUT2D eigenvalue weighted by molar-refractivity contribution is 5.88. The molecule has 0 aliphatic rings. The van der Waals surface area contributed by atoms with E-state index in [4.69, 9.17) is 9.52 Å². The second-order valence-electron chi connectivity index (χ2n) is 3.97. The van der Waals surface area contributed by atoms with Crippen LogP contribution in [0.5, 0.6) is 0 Å². The largest absolute Gasteiger partial charge is 0.478 e. The van der Waals surface area contributed by atoms with Gasteiger partial charge in [-0.3, -0.25) is 4.68 Å². The number of furan rings is 1. The number of aromatic nitrogens is 2. The van der Waals surface area contributed by atoms with Crippen molar-refractivity contribution in [3.63, 3.8) is 0 Å². The predicted molar refractivity (Wildman–Crippen MR) is 64.3 cm³/mol. The van der Waals surface area contributed by atoms with Crippen LogP contribution in [-0.4, -0.2) is 27.4 Å². The van der Waals surface area contributed by atoms with Crippen molar-refractivity contribution in [2.45, 2.75) is 13.0 Å². The first-order valence-electron chi connectivity index (χ1n) is 5.65. The molecule has 0 fully saturated rings. The van der Waals surface area contributed by atoms with Crippen LogP contribution in [0.25, 0.3) is 0 Å². The molecule has 96 valence electrons. The normalized spacial score (nSPS) is 10.7. The van der Waals surface area contributed by atoms with Crippen LogP contribution in [0.4, 0.5) is 0 Å². The molecular formula is C12H15N3O3. The number of aromatic carboxylic acids is 1. The maximum Gasteiger partial charge on any atom is 0.339 e. The lowest BCUT2D eigenvalue weighted by molar-refractivity contribution is 0.0694. The number of rotatable bonds is 6. The zero-order valence-electron chi connectivity index (χ0n) is 10.1. The van der Waals surface area contributed by atoms with Crippen molar-refractivity contribution in [2.24, 2.45) is 7.05 Å². The van der Waals surface area contributed by atoms with Gasteiger partial charge in [0.2, 0.25) is 0 Å². The molecule has 18 heavy (non-hydrogen) atoms. The minimum atomic E-state index is -0.967. The molecule has 2 heterocycles. The van der Waals surface area contributed by atoms with Gasteiger partial charge >= 0.3 is 5.97 Å². The lowest BCUT2D eigenvalue weighted by Gasteiger charge is -2.02. The molecule has 2 aromatic rings. The molecule has 0 aromatic carbocycles. The summed E-state index contributed by atoms with van der Waals surface area (Å²) < 4.78 is 6.87. The van der Waals surface area contributed by atoms with Crippen molar-refractivity contribution in [1.82, 2.24) is 15.1 Å². The van der Waals surface area contributed by atoms with Crippen LogP contribution in [0, 0.1) is 0 Å². The van der Waals surface area contributed by atoms with E-state index in [-0.39, 0.29) is 5.56 Å². The van der Waals surface area contributed by atoms with Gasteiger partial charge in [-0.1, -0.05) is 0 Å². The number of nitrogens with zero attached hydrogens (tertiary/aromatic N) is 2. The second-order valence-corrected chi connectivity index (χ2v) is 3.97. The average molecular weight is 249 g/mol. The zero-order valence-corrected chi connectivity index (χ0v) is 10.1. The van der Waals surface area contributed by atoms with E-state index in [9.17, 15) is 4.79 Å². The average Bonchev–Trinajstić information content (AvgIpc) is 2.93. The third kappa shape index (κ3) is 2.98. The van der Waals surface area contributed by atoms with Gasteiger partial charge in [0.25, 0.3) is 0 Å². The molecule has 6 nitrogen and oxygen atoms in total. The monoisotopic (exact) mass is 249 g/mol. The summed E-state index contributed by atoms with van der Waals surface area (Å²) in [6.07, 6.45) is 4.08. The summed E-state index contributed by atoms with van der Waals surface area (Å²) in [5.41, 5.74) is 1.21. The standard InChI is InChI=1S/C12H15N3O3/c1-15-6-3-9(14-15)2-5-13-8-11-10(12(16)17)4-7-18-11/h3-4,6-7,13H,2,5,8H2,1H3,(H,16,17). The summed E-state index contributed by atoms with van der Waals surface area (Å²) in [4.78, 5) is 10.8. The smallest absolute Gasteiger partial charge is 0.339 e. The van der Waals surface area contributed by atoms with Gasteiger partial charge in [-0.05, 0) is 12.1 Å². The zero-order chi connectivity index (χ0) is 13.0. The van der Waals surface area contributed by atoms with Crippen LogP contribution in [0.2, 0.25) is 0 Å². The van der Waals surface area contributed by atoms with Gasteiger partial charge in [0, 0.05) is 26.2 Å². The van der Waals surface area contributed by atoms with E-state index in [1.807, 2.05) is 19.3 Å². The molecule has 2 N–H and O–H groups in total. The maximum atomic E-state index is 10.8. The van der Waals surface area contributed by atoms with E-state index in [0.717, 1.165) is 18.7 Å². The SMILES string of the molecule is Cn1ccc(CCNCc2occc2C(=O)O)n1. The molecule has 0 aliphatic carbocycles. The highest BCUT2D eigenvalue weighted by atomic mass is 16.4. The molecule has 0 atom stereocenters. The van der Waals surface area contributed by atoms with Crippen molar-refractivity contribution in [3.05, 3.63) is 41.6 Å². The first-order chi connectivity index (χ1) is 8.66. The van der Waals surface area contributed by atoms with Gasteiger partial charge in [-0.25, -0.2) is 4.79 Å². The van der Waals surface area contributed by atoms with E-state index >= 15 is 0 Å². The molecule has 0 radical (unpaired) electrons.